The summed E-state index contributed by atoms with van der Waals surface area (Å²) < 4.78 is 7.61. The van der Waals surface area contributed by atoms with Gasteiger partial charge in [0, 0.05) is 23.4 Å². The zero-order valence-electron chi connectivity index (χ0n) is 12.0. The average molecular weight is 322 g/mol. The minimum absolute atomic E-state index is 0.549. The molecule has 1 aromatic carbocycles. The molecule has 0 unspecified atom stereocenters. The second kappa shape index (κ2) is 6.03. The first-order valence-corrected chi connectivity index (χ1v) is 8.07. The van der Waals surface area contributed by atoms with E-state index >= 15 is 0 Å². The summed E-state index contributed by atoms with van der Waals surface area (Å²) in [5, 5.41) is 1.07. The minimum Gasteiger partial charge on any atom is -0.494 e. The molecular formula is C15H16ClN3OS. The molecule has 110 valence electrons. The highest BCUT2D eigenvalue weighted by atomic mass is 35.5. The van der Waals surface area contributed by atoms with Gasteiger partial charge in [-0.3, -0.25) is 0 Å². The van der Waals surface area contributed by atoms with Crippen LogP contribution in [0, 0.1) is 6.92 Å². The quantitative estimate of drug-likeness (QED) is 0.674. The van der Waals surface area contributed by atoms with Gasteiger partial charge >= 0.3 is 0 Å². The van der Waals surface area contributed by atoms with Crippen LogP contribution >= 0.6 is 22.9 Å². The van der Waals surface area contributed by atoms with E-state index in [1.165, 1.54) is 4.88 Å². The highest BCUT2D eigenvalue weighted by molar-refractivity contribution is 7.11. The molecule has 0 atom stereocenters. The third-order valence-corrected chi connectivity index (χ3v) is 4.43. The van der Waals surface area contributed by atoms with E-state index < -0.39 is 0 Å². The number of imidazole rings is 1. The van der Waals surface area contributed by atoms with Crippen molar-refractivity contribution in [3.63, 3.8) is 0 Å². The summed E-state index contributed by atoms with van der Waals surface area (Å²) in [7, 11) is 1.67. The Kier molecular flexibility index (Phi) is 4.12. The van der Waals surface area contributed by atoms with E-state index in [0.717, 1.165) is 40.6 Å². The second-order valence-corrected chi connectivity index (χ2v) is 6.42. The van der Waals surface area contributed by atoms with Crippen LogP contribution in [0.25, 0.3) is 11.0 Å². The number of methoxy groups -OCH3 is 1. The van der Waals surface area contributed by atoms with Gasteiger partial charge in [-0.05, 0) is 19.1 Å². The summed E-state index contributed by atoms with van der Waals surface area (Å²) in [6, 6.07) is 5.99. The molecule has 0 spiro atoms. The molecule has 0 aliphatic rings. The topological polar surface area (TPSA) is 39.9 Å². The summed E-state index contributed by atoms with van der Waals surface area (Å²) in [6.45, 7) is 2.78. The van der Waals surface area contributed by atoms with Crippen molar-refractivity contribution in [2.75, 3.05) is 13.0 Å². The largest absolute Gasteiger partial charge is 0.494 e. The van der Waals surface area contributed by atoms with Crippen molar-refractivity contribution in [2.24, 2.45) is 0 Å². The third kappa shape index (κ3) is 2.76. The molecule has 4 nitrogen and oxygen atoms in total. The van der Waals surface area contributed by atoms with Gasteiger partial charge in [-0.25, -0.2) is 9.97 Å². The molecule has 0 N–H and O–H groups in total. The summed E-state index contributed by atoms with van der Waals surface area (Å²) in [4.78, 5) is 10.2. The van der Waals surface area contributed by atoms with Crippen LogP contribution in [0.4, 0.5) is 0 Å². The third-order valence-electron chi connectivity index (χ3n) is 3.34. The van der Waals surface area contributed by atoms with Crippen LogP contribution in [0.2, 0.25) is 0 Å². The molecule has 0 radical (unpaired) electrons. The molecular weight excluding hydrogens is 306 g/mol. The van der Waals surface area contributed by atoms with Gasteiger partial charge in [-0.15, -0.1) is 22.9 Å². The van der Waals surface area contributed by atoms with Crippen LogP contribution < -0.4 is 4.74 Å². The van der Waals surface area contributed by atoms with E-state index in [0.29, 0.717) is 5.88 Å². The van der Waals surface area contributed by atoms with Gasteiger partial charge in [-0.2, -0.15) is 0 Å². The summed E-state index contributed by atoms with van der Waals surface area (Å²) in [6.07, 6.45) is 2.66. The molecule has 21 heavy (non-hydrogen) atoms. The number of thiazole rings is 1. The van der Waals surface area contributed by atoms with Crippen molar-refractivity contribution in [1.29, 1.82) is 0 Å². The number of rotatable bonds is 5. The van der Waals surface area contributed by atoms with Crippen LogP contribution in [-0.2, 0) is 13.0 Å². The molecule has 2 aromatic heterocycles. The molecule has 0 aliphatic heterocycles. The number of aryl methyl sites for hydroxylation is 2. The zero-order chi connectivity index (χ0) is 14.8. The number of ether oxygens (including phenoxy) is 1. The Bertz CT molecular complexity index is 765. The SMILES string of the molecule is COc1cccc2c1nc(CCCl)n2Cc1cnc(C)s1. The van der Waals surface area contributed by atoms with Gasteiger partial charge in [0.25, 0.3) is 0 Å². The summed E-state index contributed by atoms with van der Waals surface area (Å²) in [5.41, 5.74) is 1.96. The van der Waals surface area contributed by atoms with Gasteiger partial charge in [-0.1, -0.05) is 6.07 Å². The van der Waals surface area contributed by atoms with Crippen LogP contribution in [-0.4, -0.2) is 27.5 Å². The maximum atomic E-state index is 5.92. The first-order valence-electron chi connectivity index (χ1n) is 6.72. The predicted molar refractivity (Wildman–Crippen MR) is 86.7 cm³/mol. The van der Waals surface area contributed by atoms with E-state index in [-0.39, 0.29) is 0 Å². The van der Waals surface area contributed by atoms with Gasteiger partial charge in [0.15, 0.2) is 0 Å². The van der Waals surface area contributed by atoms with Crippen LogP contribution in [0.5, 0.6) is 5.75 Å². The minimum atomic E-state index is 0.549. The monoisotopic (exact) mass is 321 g/mol. The van der Waals surface area contributed by atoms with E-state index in [9.17, 15) is 0 Å². The maximum absolute atomic E-state index is 5.92. The van der Waals surface area contributed by atoms with Crippen molar-refractivity contribution in [3.8, 4) is 5.75 Å². The number of nitrogens with zero attached hydrogens (tertiary/aromatic N) is 3. The van der Waals surface area contributed by atoms with Gasteiger partial charge in [0.2, 0.25) is 0 Å². The maximum Gasteiger partial charge on any atom is 0.146 e. The molecule has 6 heteroatoms. The number of para-hydroxylation sites is 1. The number of hydrogen-bond acceptors (Lipinski definition) is 4. The Morgan fingerprint density at radius 3 is 2.90 bits per heavy atom. The second-order valence-electron chi connectivity index (χ2n) is 4.73. The molecule has 0 fully saturated rings. The van der Waals surface area contributed by atoms with Crippen molar-refractivity contribution in [3.05, 3.63) is 40.1 Å². The molecule has 3 aromatic rings. The fourth-order valence-corrected chi connectivity index (χ4v) is 3.37. The van der Waals surface area contributed by atoms with Crippen molar-refractivity contribution >= 4 is 34.0 Å². The number of alkyl halides is 1. The Balaban J connectivity index is 2.11. The van der Waals surface area contributed by atoms with E-state index in [2.05, 4.69) is 15.6 Å². The van der Waals surface area contributed by atoms with Crippen molar-refractivity contribution in [1.82, 2.24) is 14.5 Å². The normalized spacial score (nSPS) is 11.2. The lowest BCUT2D eigenvalue weighted by atomic mass is 10.3. The highest BCUT2D eigenvalue weighted by Crippen LogP contribution is 2.27. The fraction of sp³-hybridized carbons (Fsp3) is 0.333. The number of benzene rings is 1. The molecule has 0 aliphatic carbocycles. The molecule has 0 amide bonds. The lowest BCUT2D eigenvalue weighted by Crippen LogP contribution is -2.04. The zero-order valence-corrected chi connectivity index (χ0v) is 13.5. The standard InChI is InChI=1S/C15H16ClN3OS/c1-10-17-8-11(21-10)9-19-12-4-3-5-13(20-2)15(12)18-14(19)6-7-16/h3-5,8H,6-7,9H2,1-2H3. The molecule has 3 rings (SSSR count). The average Bonchev–Trinajstić information content (AvgIpc) is 3.04. The Labute approximate surface area is 132 Å². The van der Waals surface area contributed by atoms with Crippen LogP contribution in [0.1, 0.15) is 15.7 Å². The smallest absolute Gasteiger partial charge is 0.146 e. The van der Waals surface area contributed by atoms with Gasteiger partial charge < -0.3 is 9.30 Å². The van der Waals surface area contributed by atoms with E-state index in [1.54, 1.807) is 18.4 Å². The van der Waals surface area contributed by atoms with Crippen molar-refractivity contribution in [2.45, 2.75) is 19.9 Å². The van der Waals surface area contributed by atoms with Crippen molar-refractivity contribution < 1.29 is 4.74 Å². The van der Waals surface area contributed by atoms with Gasteiger partial charge in [0.1, 0.15) is 17.1 Å². The predicted octanol–water partition coefficient (Wildman–Crippen LogP) is 3.64. The lowest BCUT2D eigenvalue weighted by Gasteiger charge is -2.07. The van der Waals surface area contributed by atoms with E-state index in [4.69, 9.17) is 21.3 Å². The van der Waals surface area contributed by atoms with Crippen LogP contribution in [0.3, 0.4) is 0 Å². The fourth-order valence-electron chi connectivity index (χ4n) is 2.42. The number of fused-ring (bicyclic) bond motifs is 1. The molecule has 2 heterocycles. The summed E-state index contributed by atoms with van der Waals surface area (Å²) >= 11 is 7.63. The van der Waals surface area contributed by atoms with Crippen LogP contribution in [0.15, 0.2) is 24.4 Å². The number of hydrogen-bond donors (Lipinski definition) is 0. The molecule has 0 bridgehead atoms. The number of halogens is 1. The lowest BCUT2D eigenvalue weighted by molar-refractivity contribution is 0.419. The molecule has 0 saturated carbocycles. The van der Waals surface area contributed by atoms with Gasteiger partial charge in [0.05, 0.1) is 24.2 Å². The Morgan fingerprint density at radius 2 is 2.24 bits per heavy atom. The number of aromatic nitrogens is 3. The Hall–Kier alpha value is -1.59. The first-order chi connectivity index (χ1) is 10.2. The first kappa shape index (κ1) is 14.4. The highest BCUT2D eigenvalue weighted by Gasteiger charge is 2.14. The molecule has 0 saturated heterocycles. The summed E-state index contributed by atoms with van der Waals surface area (Å²) in [5.74, 6) is 2.32. The van der Waals surface area contributed by atoms with E-state index in [1.807, 2.05) is 25.3 Å². The Morgan fingerprint density at radius 1 is 1.38 bits per heavy atom.